The zero-order valence-electron chi connectivity index (χ0n) is 9.41. The highest BCUT2D eigenvalue weighted by Crippen LogP contribution is 2.21. The van der Waals surface area contributed by atoms with Crippen molar-refractivity contribution < 1.29 is 9.21 Å². The molecule has 0 radical (unpaired) electrons. The van der Waals surface area contributed by atoms with E-state index in [2.05, 4.69) is 15.9 Å². The predicted molar refractivity (Wildman–Crippen MR) is 65.9 cm³/mol. The van der Waals surface area contributed by atoms with Crippen molar-refractivity contribution in [1.82, 2.24) is 4.90 Å². The summed E-state index contributed by atoms with van der Waals surface area (Å²) >= 11 is 3.49. The van der Waals surface area contributed by atoms with Crippen molar-refractivity contribution in [3.05, 3.63) is 23.7 Å². The molecule has 1 unspecified atom stereocenters. The van der Waals surface area contributed by atoms with Crippen LogP contribution in [0.25, 0.3) is 0 Å². The first-order valence-corrected chi connectivity index (χ1v) is 6.74. The number of furan rings is 1. The van der Waals surface area contributed by atoms with Crippen LogP contribution >= 0.6 is 15.9 Å². The molecule has 16 heavy (non-hydrogen) atoms. The van der Waals surface area contributed by atoms with Crippen molar-refractivity contribution in [3.63, 3.8) is 0 Å². The molecule has 1 aromatic heterocycles. The molecule has 0 spiro atoms. The minimum Gasteiger partial charge on any atom is -0.469 e. The van der Waals surface area contributed by atoms with E-state index in [1.165, 1.54) is 6.42 Å². The summed E-state index contributed by atoms with van der Waals surface area (Å²) in [6, 6.07) is 1.76. The normalized spacial score (nSPS) is 21.1. The van der Waals surface area contributed by atoms with Gasteiger partial charge in [-0.25, -0.2) is 0 Å². The van der Waals surface area contributed by atoms with Gasteiger partial charge in [-0.15, -0.1) is 0 Å². The number of piperidine rings is 1. The largest absolute Gasteiger partial charge is 0.469 e. The molecule has 1 atom stereocenters. The Morgan fingerprint density at radius 1 is 1.69 bits per heavy atom. The lowest BCUT2D eigenvalue weighted by Crippen LogP contribution is -2.40. The zero-order valence-corrected chi connectivity index (χ0v) is 11.0. The number of hydrogen-bond acceptors (Lipinski definition) is 2. The molecule has 1 aromatic rings. The van der Waals surface area contributed by atoms with E-state index in [-0.39, 0.29) is 5.91 Å². The molecule has 2 heterocycles. The number of nitrogens with zero attached hydrogens (tertiary/aromatic N) is 1. The van der Waals surface area contributed by atoms with Crippen molar-refractivity contribution >= 4 is 21.8 Å². The lowest BCUT2D eigenvalue weighted by molar-refractivity contribution is 0.0684. The van der Waals surface area contributed by atoms with Crippen LogP contribution in [0, 0.1) is 12.8 Å². The molecule has 1 saturated heterocycles. The predicted octanol–water partition coefficient (Wildman–Crippen LogP) is 2.84. The Balaban J connectivity index is 2.07. The van der Waals surface area contributed by atoms with Gasteiger partial charge in [-0.05, 0) is 31.7 Å². The molecule has 1 fully saturated rings. The van der Waals surface area contributed by atoms with Gasteiger partial charge in [-0.2, -0.15) is 0 Å². The van der Waals surface area contributed by atoms with Crippen LogP contribution in [0.15, 0.2) is 16.7 Å². The summed E-state index contributed by atoms with van der Waals surface area (Å²) in [5.74, 6) is 1.41. The standard InChI is InChI=1S/C12H16BrNO2/c1-9-11(4-6-16-9)12(15)14-5-2-3-10(7-13)8-14/h4,6,10H,2-3,5,7-8H2,1H3. The average Bonchev–Trinajstić information content (AvgIpc) is 2.74. The molecule has 4 heteroatoms. The van der Waals surface area contributed by atoms with E-state index in [0.29, 0.717) is 17.2 Å². The summed E-state index contributed by atoms with van der Waals surface area (Å²) in [5, 5.41) is 0.973. The van der Waals surface area contributed by atoms with Gasteiger partial charge in [0, 0.05) is 18.4 Å². The third kappa shape index (κ3) is 2.32. The molecule has 0 bridgehead atoms. The Kier molecular flexibility index (Phi) is 3.69. The van der Waals surface area contributed by atoms with Crippen LogP contribution in [0.1, 0.15) is 29.0 Å². The second-order valence-electron chi connectivity index (χ2n) is 4.30. The molecule has 0 N–H and O–H groups in total. The second kappa shape index (κ2) is 5.04. The van der Waals surface area contributed by atoms with Crippen LogP contribution in [-0.2, 0) is 0 Å². The summed E-state index contributed by atoms with van der Waals surface area (Å²) in [4.78, 5) is 14.1. The Morgan fingerprint density at radius 2 is 2.50 bits per heavy atom. The molecular formula is C12H16BrNO2. The van der Waals surface area contributed by atoms with E-state index < -0.39 is 0 Å². The molecule has 1 aliphatic heterocycles. The number of carbonyl (C=O) groups is 1. The number of carbonyl (C=O) groups excluding carboxylic acids is 1. The molecular weight excluding hydrogens is 270 g/mol. The molecule has 1 aliphatic rings. The monoisotopic (exact) mass is 285 g/mol. The Labute approximate surface area is 104 Å². The fourth-order valence-corrected chi connectivity index (χ4v) is 2.68. The van der Waals surface area contributed by atoms with Crippen LogP contribution in [-0.4, -0.2) is 29.2 Å². The minimum absolute atomic E-state index is 0.108. The van der Waals surface area contributed by atoms with Gasteiger partial charge in [0.2, 0.25) is 0 Å². The second-order valence-corrected chi connectivity index (χ2v) is 4.95. The minimum atomic E-state index is 0.108. The smallest absolute Gasteiger partial charge is 0.257 e. The number of likely N-dealkylation sites (tertiary alicyclic amines) is 1. The fourth-order valence-electron chi connectivity index (χ4n) is 2.15. The van der Waals surface area contributed by atoms with Gasteiger partial charge in [0.25, 0.3) is 5.91 Å². The fraction of sp³-hybridized carbons (Fsp3) is 0.583. The molecule has 1 amide bonds. The number of hydrogen-bond donors (Lipinski definition) is 0. The van der Waals surface area contributed by atoms with Crippen LogP contribution in [0.4, 0.5) is 0 Å². The summed E-state index contributed by atoms with van der Waals surface area (Å²) < 4.78 is 5.17. The van der Waals surface area contributed by atoms with Crippen molar-refractivity contribution in [2.24, 2.45) is 5.92 Å². The van der Waals surface area contributed by atoms with Crippen molar-refractivity contribution in [1.29, 1.82) is 0 Å². The summed E-state index contributed by atoms with van der Waals surface area (Å²) in [6.07, 6.45) is 3.88. The maximum absolute atomic E-state index is 12.2. The van der Waals surface area contributed by atoms with Gasteiger partial charge in [0.05, 0.1) is 11.8 Å². The van der Waals surface area contributed by atoms with E-state index in [1.54, 1.807) is 12.3 Å². The Hall–Kier alpha value is -0.770. The third-order valence-corrected chi connectivity index (χ3v) is 4.03. The maximum atomic E-state index is 12.2. The first kappa shape index (κ1) is 11.7. The van der Waals surface area contributed by atoms with Gasteiger partial charge in [-0.3, -0.25) is 4.79 Å². The lowest BCUT2D eigenvalue weighted by Gasteiger charge is -2.31. The Bertz CT molecular complexity index is 375. The van der Waals surface area contributed by atoms with E-state index in [4.69, 9.17) is 4.42 Å². The molecule has 0 aliphatic carbocycles. The van der Waals surface area contributed by atoms with Crippen molar-refractivity contribution in [2.45, 2.75) is 19.8 Å². The average molecular weight is 286 g/mol. The van der Waals surface area contributed by atoms with Gasteiger partial charge in [0.1, 0.15) is 5.76 Å². The highest BCUT2D eigenvalue weighted by atomic mass is 79.9. The van der Waals surface area contributed by atoms with Crippen molar-refractivity contribution in [3.8, 4) is 0 Å². The maximum Gasteiger partial charge on any atom is 0.257 e. The van der Waals surface area contributed by atoms with Gasteiger partial charge < -0.3 is 9.32 Å². The van der Waals surface area contributed by atoms with E-state index >= 15 is 0 Å². The highest BCUT2D eigenvalue weighted by molar-refractivity contribution is 9.09. The highest BCUT2D eigenvalue weighted by Gasteiger charge is 2.25. The number of rotatable bonds is 2. The third-order valence-electron chi connectivity index (χ3n) is 3.11. The number of amides is 1. The first-order valence-electron chi connectivity index (χ1n) is 5.61. The Morgan fingerprint density at radius 3 is 3.12 bits per heavy atom. The van der Waals surface area contributed by atoms with Crippen LogP contribution in [0.3, 0.4) is 0 Å². The first-order chi connectivity index (χ1) is 7.72. The van der Waals surface area contributed by atoms with Crippen LogP contribution < -0.4 is 0 Å². The number of alkyl halides is 1. The number of halogens is 1. The topological polar surface area (TPSA) is 33.5 Å². The van der Waals surface area contributed by atoms with Crippen LogP contribution in [0.5, 0.6) is 0 Å². The van der Waals surface area contributed by atoms with Gasteiger partial charge >= 0.3 is 0 Å². The summed E-state index contributed by atoms with van der Waals surface area (Å²) in [5.41, 5.74) is 0.704. The number of aryl methyl sites for hydroxylation is 1. The molecule has 0 saturated carbocycles. The molecule has 0 aromatic carbocycles. The van der Waals surface area contributed by atoms with Gasteiger partial charge in [-0.1, -0.05) is 15.9 Å². The molecule has 88 valence electrons. The SMILES string of the molecule is Cc1occc1C(=O)N1CCCC(CBr)C1. The van der Waals surface area contributed by atoms with E-state index in [9.17, 15) is 4.79 Å². The van der Waals surface area contributed by atoms with Crippen LogP contribution in [0.2, 0.25) is 0 Å². The molecule has 2 rings (SSSR count). The van der Waals surface area contributed by atoms with E-state index in [0.717, 1.165) is 24.8 Å². The van der Waals surface area contributed by atoms with Gasteiger partial charge in [0.15, 0.2) is 0 Å². The van der Waals surface area contributed by atoms with E-state index in [1.807, 2.05) is 11.8 Å². The summed E-state index contributed by atoms with van der Waals surface area (Å²) in [7, 11) is 0. The van der Waals surface area contributed by atoms with Crippen molar-refractivity contribution in [2.75, 3.05) is 18.4 Å². The zero-order chi connectivity index (χ0) is 11.5. The quantitative estimate of drug-likeness (QED) is 0.783. The summed E-state index contributed by atoms with van der Waals surface area (Å²) in [6.45, 7) is 3.56. The molecule has 3 nitrogen and oxygen atoms in total. The lowest BCUT2D eigenvalue weighted by atomic mass is 9.99.